The molecule has 7 nitrogen and oxygen atoms in total. The van der Waals surface area contributed by atoms with Crippen LogP contribution in [0.2, 0.25) is 0 Å². The van der Waals surface area contributed by atoms with Crippen LogP contribution in [-0.4, -0.2) is 59.9 Å². The van der Waals surface area contributed by atoms with Crippen LogP contribution in [-0.2, 0) is 4.79 Å². The van der Waals surface area contributed by atoms with Gasteiger partial charge in [-0.2, -0.15) is 0 Å². The van der Waals surface area contributed by atoms with Gasteiger partial charge in [-0.3, -0.25) is 9.59 Å². The second kappa shape index (κ2) is 9.37. The number of hydrogen-bond donors (Lipinski definition) is 1. The average Bonchev–Trinajstić information content (AvgIpc) is 2.72. The van der Waals surface area contributed by atoms with Crippen molar-refractivity contribution in [1.29, 1.82) is 0 Å². The van der Waals surface area contributed by atoms with Gasteiger partial charge in [0.25, 0.3) is 11.8 Å². The number of aromatic nitrogens is 1. The number of amides is 2. The lowest BCUT2D eigenvalue weighted by Crippen LogP contribution is -2.44. The van der Waals surface area contributed by atoms with Crippen LogP contribution in [0.25, 0.3) is 0 Å². The predicted octanol–water partition coefficient (Wildman–Crippen LogP) is 3.16. The highest BCUT2D eigenvalue weighted by Gasteiger charge is 2.29. The smallest absolute Gasteiger partial charge is 0.263 e. The van der Waals surface area contributed by atoms with Gasteiger partial charge in [0.1, 0.15) is 11.6 Å². The first-order chi connectivity index (χ1) is 14.7. The summed E-state index contributed by atoms with van der Waals surface area (Å²) in [5, 5.41) is 0. The second-order valence-corrected chi connectivity index (χ2v) is 8.55. The summed E-state index contributed by atoms with van der Waals surface area (Å²) in [5.74, 6) is 1.03. The molecule has 0 spiro atoms. The molecule has 1 atom stereocenters. The van der Waals surface area contributed by atoms with Crippen molar-refractivity contribution in [2.45, 2.75) is 45.6 Å². The number of benzene rings is 1. The maximum Gasteiger partial charge on any atom is 0.263 e. The number of piperidine rings is 1. The van der Waals surface area contributed by atoms with E-state index < -0.39 is 6.10 Å². The summed E-state index contributed by atoms with van der Waals surface area (Å²) in [7, 11) is 3.38. The molecule has 1 saturated heterocycles. The van der Waals surface area contributed by atoms with Crippen molar-refractivity contribution < 1.29 is 14.3 Å². The monoisotopic (exact) mass is 424 g/mol. The molecule has 31 heavy (non-hydrogen) atoms. The predicted molar refractivity (Wildman–Crippen MR) is 121 cm³/mol. The minimum atomic E-state index is -0.539. The molecule has 2 N–H and O–H groups in total. The van der Waals surface area contributed by atoms with Crippen LogP contribution in [0.1, 0.15) is 52.9 Å². The van der Waals surface area contributed by atoms with Crippen molar-refractivity contribution in [3.8, 4) is 5.75 Å². The summed E-state index contributed by atoms with van der Waals surface area (Å²) in [6.07, 6.45) is 1.06. The number of nitrogens with two attached hydrogens (primary N) is 1. The normalized spacial score (nSPS) is 15.5. The van der Waals surface area contributed by atoms with Gasteiger partial charge < -0.3 is 20.3 Å². The fourth-order valence-corrected chi connectivity index (χ4v) is 4.05. The summed E-state index contributed by atoms with van der Waals surface area (Å²) in [6.45, 7) is 7.12. The van der Waals surface area contributed by atoms with E-state index in [4.69, 9.17) is 10.5 Å². The first-order valence-electron chi connectivity index (χ1n) is 10.7. The molecule has 7 heteroatoms. The molecule has 1 aromatic heterocycles. The number of anilines is 1. The average molecular weight is 425 g/mol. The highest BCUT2D eigenvalue weighted by atomic mass is 16.5. The van der Waals surface area contributed by atoms with E-state index in [0.29, 0.717) is 18.7 Å². The molecule has 0 aliphatic carbocycles. The number of likely N-dealkylation sites (tertiary alicyclic amines) is 1. The van der Waals surface area contributed by atoms with Crippen molar-refractivity contribution in [1.82, 2.24) is 14.8 Å². The second-order valence-electron chi connectivity index (χ2n) is 8.55. The van der Waals surface area contributed by atoms with Gasteiger partial charge in [0.15, 0.2) is 6.10 Å². The third-order valence-electron chi connectivity index (χ3n) is 5.66. The van der Waals surface area contributed by atoms with Crippen LogP contribution in [0.3, 0.4) is 0 Å². The van der Waals surface area contributed by atoms with E-state index in [2.05, 4.69) is 11.1 Å². The lowest BCUT2D eigenvalue weighted by atomic mass is 9.92. The Morgan fingerprint density at radius 1 is 1.13 bits per heavy atom. The van der Waals surface area contributed by atoms with Gasteiger partial charge in [-0.15, -0.1) is 0 Å². The van der Waals surface area contributed by atoms with Crippen LogP contribution in [0.5, 0.6) is 5.75 Å². The quantitative estimate of drug-likeness (QED) is 0.796. The largest absolute Gasteiger partial charge is 0.481 e. The summed E-state index contributed by atoms with van der Waals surface area (Å²) in [6, 6.07) is 9.60. The number of carbonyl (C=O) groups excluding carboxylic acids is 2. The van der Waals surface area contributed by atoms with E-state index in [1.54, 1.807) is 27.1 Å². The lowest BCUT2D eigenvalue weighted by Gasteiger charge is -2.33. The number of nitrogens with zero attached hydrogens (tertiary/aromatic N) is 3. The van der Waals surface area contributed by atoms with Crippen molar-refractivity contribution in [2.75, 3.05) is 32.9 Å². The number of rotatable bonds is 5. The Hall–Kier alpha value is -3.09. The molecule has 166 valence electrons. The zero-order valence-corrected chi connectivity index (χ0v) is 19.0. The maximum absolute atomic E-state index is 12.9. The van der Waals surface area contributed by atoms with Crippen molar-refractivity contribution in [2.24, 2.45) is 0 Å². The Morgan fingerprint density at radius 3 is 2.29 bits per heavy atom. The van der Waals surface area contributed by atoms with Crippen molar-refractivity contribution >= 4 is 17.6 Å². The number of ether oxygens (including phenoxy) is 1. The molecule has 1 aliphatic rings. The van der Waals surface area contributed by atoms with Crippen LogP contribution in [0.4, 0.5) is 5.82 Å². The third-order valence-corrected chi connectivity index (χ3v) is 5.66. The van der Waals surface area contributed by atoms with Gasteiger partial charge >= 0.3 is 0 Å². The molecule has 2 heterocycles. The van der Waals surface area contributed by atoms with Gasteiger partial charge in [0, 0.05) is 38.8 Å². The molecule has 2 amide bonds. The summed E-state index contributed by atoms with van der Waals surface area (Å²) >= 11 is 0. The molecule has 3 rings (SSSR count). The van der Waals surface area contributed by atoms with E-state index in [9.17, 15) is 9.59 Å². The highest BCUT2D eigenvalue weighted by molar-refractivity contribution is 5.98. The van der Waals surface area contributed by atoms with Gasteiger partial charge in [-0.25, -0.2) is 4.98 Å². The van der Waals surface area contributed by atoms with E-state index in [0.717, 1.165) is 35.4 Å². The summed E-state index contributed by atoms with van der Waals surface area (Å²) < 4.78 is 5.92. The Bertz CT molecular complexity index is 945. The van der Waals surface area contributed by atoms with Crippen LogP contribution in [0, 0.1) is 13.8 Å². The molecule has 0 unspecified atom stereocenters. The minimum absolute atomic E-state index is 0.00277. The standard InChI is InChI=1S/C24H32N4O3/c1-15-12-16(2)14-19(13-15)31-17(3)23(29)28-10-8-18(9-11-28)21-7-6-20(22(25)26-21)24(30)27(4)5/h6-7,12-14,17-18H,8-11H2,1-5H3,(H2,25,26)/t17-/m0/s1. The topological polar surface area (TPSA) is 88.8 Å². The molecule has 2 aromatic rings. The van der Waals surface area contributed by atoms with Gasteiger partial charge in [0.05, 0.1) is 5.56 Å². The maximum atomic E-state index is 12.9. The van der Waals surface area contributed by atoms with Crippen LogP contribution < -0.4 is 10.5 Å². The molecule has 1 aromatic carbocycles. The van der Waals surface area contributed by atoms with Crippen LogP contribution >= 0.6 is 0 Å². The molecule has 1 aliphatic heterocycles. The lowest BCUT2D eigenvalue weighted by molar-refractivity contribution is -0.139. The SMILES string of the molecule is Cc1cc(C)cc(O[C@@H](C)C(=O)N2CCC(c3ccc(C(=O)N(C)C)c(N)n3)CC2)c1. The number of aryl methyl sites for hydroxylation is 2. The fourth-order valence-electron chi connectivity index (χ4n) is 4.05. The van der Waals surface area contributed by atoms with E-state index in [1.165, 1.54) is 4.90 Å². The number of nitrogen functional groups attached to an aromatic ring is 1. The number of carbonyl (C=O) groups is 2. The number of hydrogen-bond acceptors (Lipinski definition) is 5. The minimum Gasteiger partial charge on any atom is -0.481 e. The van der Waals surface area contributed by atoms with Gasteiger partial charge in [-0.05, 0) is 69.0 Å². The van der Waals surface area contributed by atoms with Gasteiger partial charge in [0.2, 0.25) is 0 Å². The molecule has 0 bridgehead atoms. The zero-order valence-electron chi connectivity index (χ0n) is 19.0. The molecule has 1 fully saturated rings. The molecule has 0 radical (unpaired) electrons. The number of pyridine rings is 1. The Balaban J connectivity index is 1.59. The van der Waals surface area contributed by atoms with Crippen molar-refractivity contribution in [3.05, 3.63) is 52.7 Å². The first-order valence-corrected chi connectivity index (χ1v) is 10.7. The Morgan fingerprint density at radius 2 is 1.74 bits per heavy atom. The first kappa shape index (κ1) is 22.6. The fraction of sp³-hybridized carbons (Fsp3) is 0.458. The molecule has 0 saturated carbocycles. The molecular formula is C24H32N4O3. The third kappa shape index (κ3) is 5.34. The van der Waals surface area contributed by atoms with E-state index in [1.807, 2.05) is 36.9 Å². The summed E-state index contributed by atoms with van der Waals surface area (Å²) in [4.78, 5) is 32.9. The van der Waals surface area contributed by atoms with E-state index in [-0.39, 0.29) is 23.6 Å². The Labute approximate surface area is 184 Å². The highest BCUT2D eigenvalue weighted by Crippen LogP contribution is 2.29. The summed E-state index contributed by atoms with van der Waals surface area (Å²) in [5.41, 5.74) is 9.55. The Kier molecular flexibility index (Phi) is 6.83. The van der Waals surface area contributed by atoms with E-state index >= 15 is 0 Å². The molecular weight excluding hydrogens is 392 g/mol. The van der Waals surface area contributed by atoms with Crippen LogP contribution in [0.15, 0.2) is 30.3 Å². The zero-order chi connectivity index (χ0) is 22.7. The van der Waals surface area contributed by atoms with Crippen molar-refractivity contribution in [3.63, 3.8) is 0 Å². The van der Waals surface area contributed by atoms with Gasteiger partial charge in [-0.1, -0.05) is 6.07 Å².